The summed E-state index contributed by atoms with van der Waals surface area (Å²) < 4.78 is 21.0. The highest BCUT2D eigenvalue weighted by Crippen LogP contribution is 2.23. The summed E-state index contributed by atoms with van der Waals surface area (Å²) in [6.07, 6.45) is 56.5. The molecule has 0 aromatic carbocycles. The second kappa shape index (κ2) is 42.6. The molecule has 0 aliphatic heterocycles. The molecule has 1 unspecified atom stereocenters. The third-order valence-electron chi connectivity index (χ3n) is 9.70. The highest BCUT2D eigenvalue weighted by Gasteiger charge is 2.16. The Morgan fingerprint density at radius 1 is 0.370 bits per heavy atom. The van der Waals surface area contributed by atoms with E-state index in [1.807, 2.05) is 13.0 Å². The Balaban J connectivity index is 3.08. The molecule has 0 rings (SSSR count). The monoisotopic (exact) mass is 668 g/mol. The second-order valence-corrected chi connectivity index (χ2v) is 15.2. The van der Waals surface area contributed by atoms with Crippen molar-refractivity contribution >= 4 is 8.25 Å². The first-order valence-electron chi connectivity index (χ1n) is 21.2. The molecule has 0 saturated heterocycles. The summed E-state index contributed by atoms with van der Waals surface area (Å²) in [5.41, 5.74) is 0. The molecule has 0 aromatic heterocycles. The summed E-state index contributed by atoms with van der Waals surface area (Å²) in [5.74, 6) is 0. The fourth-order valence-electron chi connectivity index (χ4n) is 6.64. The Morgan fingerprint density at radius 3 is 0.848 bits per heavy atom. The lowest BCUT2D eigenvalue weighted by Gasteiger charge is -2.05. The van der Waals surface area contributed by atoms with Gasteiger partial charge in [0.05, 0.1) is 0 Å². The van der Waals surface area contributed by atoms with Crippen LogP contribution in [0.2, 0.25) is 0 Å². The van der Waals surface area contributed by atoms with Gasteiger partial charge in [0.1, 0.15) is 12.9 Å². The molecule has 0 bridgehead atoms. The molecule has 1 atom stereocenters. The van der Waals surface area contributed by atoms with Crippen LogP contribution in [0.15, 0.2) is 12.3 Å². The van der Waals surface area contributed by atoms with Crippen molar-refractivity contribution in [1.29, 1.82) is 0 Å². The van der Waals surface area contributed by atoms with Crippen LogP contribution in [0.3, 0.4) is 0 Å². The lowest BCUT2D eigenvalue weighted by Crippen LogP contribution is -1.85. The van der Waals surface area contributed by atoms with E-state index in [1.54, 1.807) is 0 Å². The maximum absolute atomic E-state index is 11.2. The molecule has 3 nitrogen and oxygen atoms in total. The number of hydrogen-bond acceptors (Lipinski definition) is 3. The number of allylic oxidation sites excluding steroid dienone is 1. The van der Waals surface area contributed by atoms with Gasteiger partial charge in [-0.25, -0.2) is 4.52 Å². The van der Waals surface area contributed by atoms with Gasteiger partial charge in [0.25, 0.3) is 0 Å². The Hall–Kier alpha value is -0.400. The molecule has 46 heavy (non-hydrogen) atoms. The summed E-state index contributed by atoms with van der Waals surface area (Å²) in [5, 5.41) is 0. The zero-order chi connectivity index (χ0) is 33.3. The Kier molecular flexibility index (Phi) is 42.3. The lowest BCUT2D eigenvalue weighted by molar-refractivity contribution is 0.285. The summed E-state index contributed by atoms with van der Waals surface area (Å²) in [6, 6.07) is 0. The molecule has 0 aliphatic rings. The Labute approximate surface area is 291 Å². The first-order valence-corrected chi connectivity index (χ1v) is 22.3. The summed E-state index contributed by atoms with van der Waals surface area (Å²) in [7, 11) is -1.97. The Bertz CT molecular complexity index is 593. The quantitative estimate of drug-likeness (QED) is 0.0370. The van der Waals surface area contributed by atoms with E-state index in [0.29, 0.717) is 6.61 Å². The fraction of sp³-hybridized carbons (Fsp3) is 0.952. The molecule has 0 fully saturated rings. The molecule has 0 saturated carbocycles. The van der Waals surface area contributed by atoms with Gasteiger partial charge in [-0.05, 0) is 25.8 Å². The van der Waals surface area contributed by atoms with E-state index in [2.05, 4.69) is 6.92 Å². The topological polar surface area (TPSA) is 35.5 Å². The van der Waals surface area contributed by atoms with E-state index in [-0.39, 0.29) is 0 Å². The van der Waals surface area contributed by atoms with E-state index >= 15 is 0 Å². The molecule has 0 N–H and O–H groups in total. The van der Waals surface area contributed by atoms with Crippen LogP contribution in [0.25, 0.3) is 0 Å². The van der Waals surface area contributed by atoms with Crippen molar-refractivity contribution < 1.29 is 13.6 Å². The molecule has 4 heteroatoms. The van der Waals surface area contributed by atoms with E-state index in [9.17, 15) is 4.57 Å². The summed E-state index contributed by atoms with van der Waals surface area (Å²) in [4.78, 5) is 0. The van der Waals surface area contributed by atoms with Crippen LogP contribution >= 0.6 is 8.25 Å². The van der Waals surface area contributed by atoms with Gasteiger partial charge in [-0.15, -0.1) is 4.52 Å². The zero-order valence-electron chi connectivity index (χ0n) is 31.7. The average molecular weight is 668 g/mol. The van der Waals surface area contributed by atoms with Gasteiger partial charge in [0.2, 0.25) is 0 Å². The SMILES string of the molecule is CCCCCCCCCCCCCCCCCCCCCCCCCCCCCCCCCCCCCCC=CO[P+](=O)OCC. The minimum absolute atomic E-state index is 0.419. The van der Waals surface area contributed by atoms with Crippen molar-refractivity contribution in [2.75, 3.05) is 6.61 Å². The van der Waals surface area contributed by atoms with Crippen molar-refractivity contribution in [3.05, 3.63) is 12.3 Å². The normalized spacial score (nSPS) is 12.0. The van der Waals surface area contributed by atoms with Crippen molar-refractivity contribution in [2.45, 2.75) is 251 Å². The fourth-order valence-corrected chi connectivity index (χ4v) is 7.10. The van der Waals surface area contributed by atoms with Gasteiger partial charge < -0.3 is 0 Å². The van der Waals surface area contributed by atoms with Crippen LogP contribution in [-0.4, -0.2) is 6.61 Å². The average Bonchev–Trinajstić information content (AvgIpc) is 3.06. The smallest absolute Gasteiger partial charge is 0.238 e. The minimum atomic E-state index is -1.97. The van der Waals surface area contributed by atoms with E-state index < -0.39 is 8.25 Å². The van der Waals surface area contributed by atoms with Gasteiger partial charge in [-0.3, -0.25) is 0 Å². The van der Waals surface area contributed by atoms with Crippen molar-refractivity contribution in [3.8, 4) is 0 Å². The van der Waals surface area contributed by atoms with E-state index in [1.165, 1.54) is 237 Å². The third kappa shape index (κ3) is 41.6. The molecule has 0 amide bonds. The number of rotatable bonds is 41. The van der Waals surface area contributed by atoms with Gasteiger partial charge in [-0.1, -0.05) is 232 Å². The van der Waals surface area contributed by atoms with Gasteiger partial charge in [0, 0.05) is 4.57 Å². The summed E-state index contributed by atoms with van der Waals surface area (Å²) >= 11 is 0. The third-order valence-corrected chi connectivity index (χ3v) is 10.5. The summed E-state index contributed by atoms with van der Waals surface area (Å²) in [6.45, 7) is 4.54. The second-order valence-electron chi connectivity index (χ2n) is 14.3. The van der Waals surface area contributed by atoms with E-state index in [0.717, 1.165) is 6.42 Å². The Morgan fingerprint density at radius 2 is 0.609 bits per heavy atom. The molecule has 0 aromatic rings. The van der Waals surface area contributed by atoms with Crippen LogP contribution in [0, 0.1) is 0 Å². The van der Waals surface area contributed by atoms with Crippen LogP contribution in [0.4, 0.5) is 0 Å². The van der Waals surface area contributed by atoms with Crippen LogP contribution in [0.1, 0.15) is 251 Å². The van der Waals surface area contributed by atoms with Gasteiger partial charge >= 0.3 is 8.25 Å². The predicted octanol–water partition coefficient (Wildman–Crippen LogP) is 16.7. The van der Waals surface area contributed by atoms with Crippen molar-refractivity contribution in [3.63, 3.8) is 0 Å². The highest BCUT2D eigenvalue weighted by atomic mass is 31.1. The molecule has 0 heterocycles. The maximum Gasteiger partial charge on any atom is 0.749 e. The minimum Gasteiger partial charge on any atom is -0.238 e. The van der Waals surface area contributed by atoms with E-state index in [4.69, 9.17) is 9.05 Å². The largest absolute Gasteiger partial charge is 0.749 e. The molecule has 0 spiro atoms. The predicted molar refractivity (Wildman–Crippen MR) is 206 cm³/mol. The van der Waals surface area contributed by atoms with Crippen LogP contribution in [-0.2, 0) is 13.6 Å². The van der Waals surface area contributed by atoms with Crippen LogP contribution in [0.5, 0.6) is 0 Å². The molecular weight excluding hydrogens is 583 g/mol. The highest BCUT2D eigenvalue weighted by molar-refractivity contribution is 7.33. The standard InChI is InChI=1S/C42H84O3P/c1-3-5-6-7-8-9-10-11-12-13-14-15-16-17-18-19-20-21-22-23-24-25-26-27-28-29-30-31-32-33-34-35-36-37-38-39-40-41-42-45-46(43)44-4-2/h41-42H,3-40H2,1-2H3/q+1. The first kappa shape index (κ1) is 45.6. The van der Waals surface area contributed by atoms with Gasteiger partial charge in [0.15, 0.2) is 0 Å². The molecular formula is C42H84O3P+. The number of unbranched alkanes of at least 4 members (excludes halogenated alkanes) is 36. The number of hydrogen-bond donors (Lipinski definition) is 0. The molecule has 0 radical (unpaired) electrons. The van der Waals surface area contributed by atoms with Crippen molar-refractivity contribution in [2.24, 2.45) is 0 Å². The first-order chi connectivity index (χ1) is 22.8. The zero-order valence-corrected chi connectivity index (χ0v) is 32.6. The van der Waals surface area contributed by atoms with Crippen molar-refractivity contribution in [1.82, 2.24) is 0 Å². The molecule has 274 valence electrons. The lowest BCUT2D eigenvalue weighted by atomic mass is 10.0. The van der Waals surface area contributed by atoms with Crippen LogP contribution < -0.4 is 0 Å². The molecule has 0 aliphatic carbocycles. The van der Waals surface area contributed by atoms with Gasteiger partial charge in [-0.2, -0.15) is 0 Å². The maximum atomic E-state index is 11.2.